The summed E-state index contributed by atoms with van der Waals surface area (Å²) in [5.74, 6) is -6.41. The molecule has 8 N–H and O–H groups in total. The number of hydrogen-bond acceptors (Lipinski definition) is 10. The van der Waals surface area contributed by atoms with Crippen LogP contribution in [-0.2, 0) is 79.2 Å². The Balaban J connectivity index is 1.46. The highest BCUT2D eigenvalue weighted by Crippen LogP contribution is 2.23. The SMILES string of the molecule is CC[C@H](C)[C@H]1NC(=O)[C@H](Cc2c[nH]c3ccccc23)NC(=O)[C@H](Cc2ccccc2)NC(=O)[C@@H](Cc2ccccc2)NC(=O)[C@@H]2CCCN2C(=O)[C@H](CC[S@@](C)=O)NC(=O)[C@H](CC(C)C)NC(=O)[C@H](CC[S@](C)=O)NC1=O. The second kappa shape index (κ2) is 28.6. The number of aromatic amines is 1. The van der Waals surface area contributed by atoms with Crippen molar-refractivity contribution < 1.29 is 46.8 Å². The second-order valence-electron chi connectivity index (χ2n) is 20.6. The van der Waals surface area contributed by atoms with Crippen LogP contribution >= 0.6 is 0 Å². The maximum absolute atomic E-state index is 15.0. The highest BCUT2D eigenvalue weighted by atomic mass is 32.2. The Morgan fingerprint density at radius 1 is 0.545 bits per heavy atom. The number of nitrogens with zero attached hydrogens (tertiary/aromatic N) is 1. The highest BCUT2D eigenvalue weighted by molar-refractivity contribution is 7.84. The monoisotopic (exact) mass is 1100 g/mol. The molecule has 2 aliphatic rings. The quantitative estimate of drug-likeness (QED) is 0.0811. The molecular weight excluding hydrogens is 1020 g/mol. The van der Waals surface area contributed by atoms with Crippen LogP contribution in [0.25, 0.3) is 10.9 Å². The van der Waals surface area contributed by atoms with Gasteiger partial charge in [0.05, 0.1) is 0 Å². The largest absolute Gasteiger partial charge is 0.361 e. The minimum absolute atomic E-state index is 0.00939. The van der Waals surface area contributed by atoms with Crippen molar-refractivity contribution in [2.75, 3.05) is 30.6 Å². The summed E-state index contributed by atoms with van der Waals surface area (Å²) in [4.78, 5) is 122. The molecule has 2 aliphatic heterocycles. The van der Waals surface area contributed by atoms with Crippen LogP contribution in [0.1, 0.15) is 82.9 Å². The second-order valence-corrected chi connectivity index (χ2v) is 23.7. The van der Waals surface area contributed by atoms with Crippen LogP contribution in [0.2, 0.25) is 0 Å². The van der Waals surface area contributed by atoms with Crippen LogP contribution in [0.4, 0.5) is 0 Å². The number of benzene rings is 3. The van der Waals surface area contributed by atoms with Gasteiger partial charge in [0, 0.05) is 88.5 Å². The molecule has 11 atom stereocenters. The van der Waals surface area contributed by atoms with E-state index < -0.39 is 123 Å². The van der Waals surface area contributed by atoms with Crippen LogP contribution in [0, 0.1) is 11.8 Å². The predicted octanol–water partition coefficient (Wildman–Crippen LogP) is 2.22. The first-order valence-corrected chi connectivity index (χ1v) is 29.9. The Morgan fingerprint density at radius 2 is 1.01 bits per heavy atom. The normalized spacial score (nSPS) is 25.0. The molecule has 0 spiro atoms. The van der Waals surface area contributed by atoms with Crippen LogP contribution in [-0.4, -0.2) is 144 Å². The average Bonchev–Trinajstić information content (AvgIpc) is 4.07. The molecule has 8 amide bonds. The first-order chi connectivity index (χ1) is 36.8. The summed E-state index contributed by atoms with van der Waals surface area (Å²) in [6.45, 7) is 7.38. The summed E-state index contributed by atoms with van der Waals surface area (Å²) >= 11 is 0. The highest BCUT2D eigenvalue weighted by Gasteiger charge is 2.41. The van der Waals surface area contributed by atoms with Crippen molar-refractivity contribution in [3.63, 3.8) is 0 Å². The Labute approximate surface area is 455 Å². The van der Waals surface area contributed by atoms with Crippen molar-refractivity contribution in [2.45, 2.75) is 134 Å². The third-order valence-corrected chi connectivity index (χ3v) is 15.8. The Hall–Kier alpha value is -6.74. The summed E-state index contributed by atoms with van der Waals surface area (Å²) in [5.41, 5.74) is 2.81. The molecule has 4 aromatic rings. The molecule has 6 rings (SSSR count). The van der Waals surface area contributed by atoms with Crippen molar-refractivity contribution >= 4 is 79.8 Å². The maximum Gasteiger partial charge on any atom is 0.245 e. The van der Waals surface area contributed by atoms with E-state index in [0.29, 0.717) is 29.5 Å². The summed E-state index contributed by atoms with van der Waals surface area (Å²) in [6, 6.07) is 15.2. The molecule has 0 aliphatic carbocycles. The van der Waals surface area contributed by atoms with Crippen LogP contribution in [0.5, 0.6) is 0 Å². The molecule has 3 heterocycles. The summed E-state index contributed by atoms with van der Waals surface area (Å²) < 4.78 is 25.0. The van der Waals surface area contributed by atoms with Crippen molar-refractivity contribution in [3.8, 4) is 0 Å². The lowest BCUT2D eigenvalue weighted by molar-refractivity contribution is -0.142. The number of carbonyl (C=O) groups excluding carboxylic acids is 8. The van der Waals surface area contributed by atoms with Gasteiger partial charge < -0.3 is 47.1 Å². The first kappa shape index (κ1) is 59.5. The van der Waals surface area contributed by atoms with E-state index in [9.17, 15) is 46.8 Å². The lowest BCUT2D eigenvalue weighted by atomic mass is 9.96. The van der Waals surface area contributed by atoms with Gasteiger partial charge in [-0.3, -0.25) is 46.8 Å². The minimum atomic E-state index is -1.42. The summed E-state index contributed by atoms with van der Waals surface area (Å²) in [6.07, 6.45) is 5.47. The topological polar surface area (TPSA) is 274 Å². The van der Waals surface area contributed by atoms with Crippen molar-refractivity contribution in [1.82, 2.24) is 47.1 Å². The Bertz CT molecular complexity index is 2760. The van der Waals surface area contributed by atoms with Gasteiger partial charge in [-0.25, -0.2) is 0 Å². The summed E-state index contributed by atoms with van der Waals surface area (Å²) in [7, 11) is -2.82. The minimum Gasteiger partial charge on any atom is -0.361 e. The van der Waals surface area contributed by atoms with Crippen molar-refractivity contribution in [3.05, 3.63) is 108 Å². The molecule has 21 heteroatoms. The van der Waals surface area contributed by atoms with E-state index in [2.05, 4.69) is 42.2 Å². The number of amides is 8. The van der Waals surface area contributed by atoms with E-state index >= 15 is 0 Å². The number of nitrogens with one attached hydrogen (secondary N) is 8. The third-order valence-electron chi connectivity index (χ3n) is 14.2. The molecular formula is C56H75N9O10S2. The zero-order valence-electron chi connectivity index (χ0n) is 44.8. The van der Waals surface area contributed by atoms with Gasteiger partial charge in [0.15, 0.2) is 0 Å². The van der Waals surface area contributed by atoms with Crippen LogP contribution in [0.15, 0.2) is 91.1 Å². The van der Waals surface area contributed by atoms with Gasteiger partial charge in [-0.15, -0.1) is 0 Å². The van der Waals surface area contributed by atoms with Gasteiger partial charge >= 0.3 is 0 Å². The fourth-order valence-corrected chi connectivity index (χ4v) is 10.9. The molecule has 2 fully saturated rings. The van der Waals surface area contributed by atoms with Gasteiger partial charge in [0.2, 0.25) is 47.3 Å². The molecule has 0 radical (unpaired) electrons. The zero-order chi connectivity index (χ0) is 55.8. The van der Waals surface area contributed by atoms with E-state index in [1.54, 1.807) is 67.7 Å². The molecule has 77 heavy (non-hydrogen) atoms. The van der Waals surface area contributed by atoms with Gasteiger partial charge in [-0.1, -0.05) is 113 Å². The fraction of sp³-hybridized carbons (Fsp3) is 0.500. The van der Waals surface area contributed by atoms with Gasteiger partial charge in [0.25, 0.3) is 0 Å². The number of fused-ring (bicyclic) bond motifs is 2. The van der Waals surface area contributed by atoms with E-state index in [1.807, 2.05) is 51.1 Å². The predicted molar refractivity (Wildman–Crippen MR) is 297 cm³/mol. The standard InChI is InChI=1S/C56H75N9O10S2/c1-7-35(4)48-55(72)58-41(24-27-76(5)74)49(66)60-43(29-34(2)3)50(67)59-42(25-28-77(6)75)56(73)65-26-16-23-47(65)54(71)63-45(31-37-19-12-9-13-20-37)52(69)61-44(30-36-17-10-8-11-18-36)51(68)62-46(53(70)64-48)32-38-33-57-40-22-15-14-21-39(38)40/h8-15,17-22,33-35,41-48,57H,7,16,23-32H2,1-6H3,(H,58,72)(H,59,67)(H,60,66)(H,61,69)(H,62,68)(H,63,71)(H,64,70)/t35-,41-,42-,43-,44-,45+,46-,47-,48+,76-,77+/m0/s1. The van der Waals surface area contributed by atoms with E-state index in [-0.39, 0.29) is 68.9 Å². The fourth-order valence-electron chi connectivity index (χ4n) is 9.72. The van der Waals surface area contributed by atoms with Crippen LogP contribution < -0.4 is 37.2 Å². The maximum atomic E-state index is 15.0. The molecule has 0 bridgehead atoms. The van der Waals surface area contributed by atoms with E-state index in [0.717, 1.165) is 10.9 Å². The smallest absolute Gasteiger partial charge is 0.245 e. The molecule has 416 valence electrons. The summed E-state index contributed by atoms with van der Waals surface area (Å²) in [5, 5.41) is 20.7. The molecule has 1 aromatic heterocycles. The zero-order valence-corrected chi connectivity index (χ0v) is 46.4. The number of H-pyrrole nitrogens is 1. The van der Waals surface area contributed by atoms with E-state index in [1.165, 1.54) is 17.4 Å². The van der Waals surface area contributed by atoms with Crippen molar-refractivity contribution in [2.24, 2.45) is 11.8 Å². The molecule has 19 nitrogen and oxygen atoms in total. The Kier molecular flexibility index (Phi) is 22.1. The first-order valence-electron chi connectivity index (χ1n) is 26.5. The number of carbonyl (C=O) groups is 8. The lowest BCUT2D eigenvalue weighted by Gasteiger charge is -2.32. The Morgan fingerprint density at radius 3 is 1.58 bits per heavy atom. The van der Waals surface area contributed by atoms with E-state index in [4.69, 9.17) is 0 Å². The van der Waals surface area contributed by atoms with Gasteiger partial charge in [0.1, 0.15) is 48.3 Å². The molecule has 2 saturated heterocycles. The van der Waals surface area contributed by atoms with Crippen LogP contribution in [0.3, 0.4) is 0 Å². The number of para-hydroxylation sites is 1. The number of rotatable bonds is 16. The van der Waals surface area contributed by atoms with Gasteiger partial charge in [-0.05, 0) is 66.7 Å². The van der Waals surface area contributed by atoms with Crippen molar-refractivity contribution in [1.29, 1.82) is 0 Å². The molecule has 3 aromatic carbocycles. The lowest BCUT2D eigenvalue weighted by Crippen LogP contribution is -2.62. The van der Waals surface area contributed by atoms with Gasteiger partial charge in [-0.2, -0.15) is 0 Å². The number of hydrogen-bond donors (Lipinski definition) is 8. The third kappa shape index (κ3) is 17.1. The molecule has 0 unspecified atom stereocenters. The molecule has 0 saturated carbocycles. The number of aromatic nitrogens is 1. The average molecular weight is 1100 g/mol.